The SMILES string of the molecule is CCCCCCCCCCCCCCCCCC(=O)OCC(COC(=O)CCCCCCCCCCC)OC(=O)CCCCCCCCCCCCC. The number of ether oxygens (including phenoxy) is 3. The highest BCUT2D eigenvalue weighted by atomic mass is 16.6. The van der Waals surface area contributed by atoms with Crippen LogP contribution in [0.2, 0.25) is 0 Å². The minimum atomic E-state index is -0.757. The van der Waals surface area contributed by atoms with Crippen LogP contribution in [0.4, 0.5) is 0 Å². The molecule has 0 radical (unpaired) electrons. The van der Waals surface area contributed by atoms with Gasteiger partial charge in [0.25, 0.3) is 0 Å². The molecule has 1 atom stereocenters. The molecule has 0 bridgehead atoms. The molecule has 0 fully saturated rings. The van der Waals surface area contributed by atoms with Crippen LogP contribution in [0.25, 0.3) is 0 Å². The molecule has 0 aromatic carbocycles. The average Bonchev–Trinajstić information content (AvgIpc) is 3.15. The van der Waals surface area contributed by atoms with Gasteiger partial charge in [0.15, 0.2) is 6.10 Å². The maximum atomic E-state index is 12.7. The molecule has 0 amide bonds. The molecule has 0 aromatic rings. The van der Waals surface area contributed by atoms with Crippen LogP contribution in [0.15, 0.2) is 0 Å². The lowest BCUT2D eigenvalue weighted by Gasteiger charge is -2.18. The fourth-order valence-corrected chi connectivity index (χ4v) is 7.03. The van der Waals surface area contributed by atoms with E-state index >= 15 is 0 Å². The Hall–Kier alpha value is -1.59. The zero-order chi connectivity index (χ0) is 38.7. The summed E-state index contributed by atoms with van der Waals surface area (Å²) in [5, 5.41) is 0. The summed E-state index contributed by atoms with van der Waals surface area (Å²) < 4.78 is 16.7. The quantitative estimate of drug-likeness (QED) is 0.0351. The van der Waals surface area contributed by atoms with E-state index in [4.69, 9.17) is 14.2 Å². The van der Waals surface area contributed by atoms with Crippen molar-refractivity contribution in [3.8, 4) is 0 Å². The molecule has 0 aliphatic rings. The summed E-state index contributed by atoms with van der Waals surface area (Å²) in [6.45, 7) is 6.64. The Kier molecular flexibility index (Phi) is 41.8. The molecule has 0 aliphatic carbocycles. The number of carbonyl (C=O) groups excluding carboxylic acids is 3. The summed E-state index contributed by atoms with van der Waals surface area (Å²) >= 11 is 0. The molecule has 0 heterocycles. The van der Waals surface area contributed by atoms with Crippen LogP contribution < -0.4 is 0 Å². The highest BCUT2D eigenvalue weighted by Crippen LogP contribution is 2.16. The third-order valence-electron chi connectivity index (χ3n) is 10.6. The van der Waals surface area contributed by atoms with Gasteiger partial charge in [-0.3, -0.25) is 14.4 Å². The molecule has 0 rings (SSSR count). The molecule has 6 heteroatoms. The fraction of sp³-hybridized carbons (Fsp3) is 0.936. The summed E-state index contributed by atoms with van der Waals surface area (Å²) in [7, 11) is 0. The predicted octanol–water partition coefficient (Wildman–Crippen LogP) is 14.9. The second-order valence-corrected chi connectivity index (χ2v) is 16.0. The van der Waals surface area contributed by atoms with Crippen molar-refractivity contribution in [1.29, 1.82) is 0 Å². The van der Waals surface area contributed by atoms with Crippen molar-refractivity contribution in [3.05, 3.63) is 0 Å². The van der Waals surface area contributed by atoms with Crippen molar-refractivity contribution in [1.82, 2.24) is 0 Å². The Morgan fingerprint density at radius 1 is 0.302 bits per heavy atom. The number of unbranched alkanes of at least 4 members (excludes halogenated alkanes) is 32. The van der Waals surface area contributed by atoms with Crippen LogP contribution in [0.3, 0.4) is 0 Å². The van der Waals surface area contributed by atoms with Crippen LogP contribution in [-0.4, -0.2) is 37.2 Å². The first-order valence-electron chi connectivity index (χ1n) is 23.5. The summed E-state index contributed by atoms with van der Waals surface area (Å²) in [5.41, 5.74) is 0. The lowest BCUT2D eigenvalue weighted by Crippen LogP contribution is -2.30. The Balaban J connectivity index is 4.27. The van der Waals surface area contributed by atoms with E-state index in [1.165, 1.54) is 167 Å². The van der Waals surface area contributed by atoms with Crippen molar-refractivity contribution in [2.45, 2.75) is 271 Å². The Bertz CT molecular complexity index is 783. The Morgan fingerprint density at radius 3 is 0.755 bits per heavy atom. The third-order valence-corrected chi connectivity index (χ3v) is 10.6. The summed E-state index contributed by atoms with van der Waals surface area (Å²) in [6, 6.07) is 0. The summed E-state index contributed by atoms with van der Waals surface area (Å²) in [4.78, 5) is 37.7. The lowest BCUT2D eigenvalue weighted by molar-refractivity contribution is -0.167. The van der Waals surface area contributed by atoms with Crippen LogP contribution in [-0.2, 0) is 28.6 Å². The van der Waals surface area contributed by atoms with E-state index in [0.29, 0.717) is 19.3 Å². The maximum absolute atomic E-state index is 12.7. The normalized spacial score (nSPS) is 11.8. The van der Waals surface area contributed by atoms with Gasteiger partial charge in [-0.25, -0.2) is 0 Å². The maximum Gasteiger partial charge on any atom is 0.306 e. The van der Waals surface area contributed by atoms with E-state index in [1.807, 2.05) is 0 Å². The van der Waals surface area contributed by atoms with E-state index in [-0.39, 0.29) is 31.1 Å². The molecule has 0 saturated carbocycles. The highest BCUT2D eigenvalue weighted by Gasteiger charge is 2.19. The Labute approximate surface area is 329 Å². The molecule has 53 heavy (non-hydrogen) atoms. The number of esters is 3. The standard InChI is InChI=1S/C47H90O6/c1-4-7-10-13-16-19-21-22-23-24-26-28-31-34-37-40-46(49)52-43-44(42-51-45(48)39-36-33-30-27-18-15-12-9-6-3)53-47(50)41-38-35-32-29-25-20-17-14-11-8-5-2/h44H,4-43H2,1-3H3. The molecule has 6 nitrogen and oxygen atoms in total. The van der Waals surface area contributed by atoms with Gasteiger partial charge in [-0.15, -0.1) is 0 Å². The predicted molar refractivity (Wildman–Crippen MR) is 224 cm³/mol. The molecular weight excluding hydrogens is 661 g/mol. The molecule has 0 saturated heterocycles. The van der Waals surface area contributed by atoms with Gasteiger partial charge < -0.3 is 14.2 Å². The second kappa shape index (κ2) is 43.1. The van der Waals surface area contributed by atoms with Gasteiger partial charge in [0.1, 0.15) is 13.2 Å². The largest absolute Gasteiger partial charge is 0.462 e. The van der Waals surface area contributed by atoms with Crippen LogP contribution in [0, 0.1) is 0 Å². The second-order valence-electron chi connectivity index (χ2n) is 16.0. The van der Waals surface area contributed by atoms with E-state index in [2.05, 4.69) is 20.8 Å². The molecule has 0 spiro atoms. The molecule has 0 N–H and O–H groups in total. The lowest BCUT2D eigenvalue weighted by atomic mass is 10.0. The van der Waals surface area contributed by atoms with E-state index in [0.717, 1.165) is 57.8 Å². The molecular formula is C47H90O6. The van der Waals surface area contributed by atoms with Gasteiger partial charge in [-0.1, -0.05) is 226 Å². The van der Waals surface area contributed by atoms with Gasteiger partial charge >= 0.3 is 17.9 Å². The summed E-state index contributed by atoms with van der Waals surface area (Å²) in [6.07, 6.45) is 43.7. The smallest absolute Gasteiger partial charge is 0.306 e. The van der Waals surface area contributed by atoms with E-state index in [1.54, 1.807) is 0 Å². The monoisotopic (exact) mass is 751 g/mol. The Morgan fingerprint density at radius 2 is 0.509 bits per heavy atom. The van der Waals surface area contributed by atoms with Gasteiger partial charge in [-0.05, 0) is 19.3 Å². The first-order chi connectivity index (χ1) is 26.0. The zero-order valence-corrected chi connectivity index (χ0v) is 35.8. The minimum Gasteiger partial charge on any atom is -0.462 e. The molecule has 314 valence electrons. The highest BCUT2D eigenvalue weighted by molar-refractivity contribution is 5.71. The first kappa shape index (κ1) is 51.4. The number of hydrogen-bond acceptors (Lipinski definition) is 6. The van der Waals surface area contributed by atoms with Gasteiger partial charge in [0, 0.05) is 19.3 Å². The number of hydrogen-bond donors (Lipinski definition) is 0. The molecule has 0 aromatic heterocycles. The van der Waals surface area contributed by atoms with Crippen LogP contribution >= 0.6 is 0 Å². The van der Waals surface area contributed by atoms with Crippen molar-refractivity contribution in [2.24, 2.45) is 0 Å². The summed E-state index contributed by atoms with van der Waals surface area (Å²) in [5.74, 6) is -0.852. The van der Waals surface area contributed by atoms with Crippen molar-refractivity contribution < 1.29 is 28.6 Å². The van der Waals surface area contributed by atoms with E-state index in [9.17, 15) is 14.4 Å². The number of rotatable bonds is 43. The van der Waals surface area contributed by atoms with E-state index < -0.39 is 6.10 Å². The third kappa shape index (κ3) is 41.4. The molecule has 1 unspecified atom stereocenters. The van der Waals surface area contributed by atoms with Gasteiger partial charge in [-0.2, -0.15) is 0 Å². The van der Waals surface area contributed by atoms with Crippen molar-refractivity contribution in [3.63, 3.8) is 0 Å². The molecule has 0 aliphatic heterocycles. The van der Waals surface area contributed by atoms with Crippen LogP contribution in [0.5, 0.6) is 0 Å². The van der Waals surface area contributed by atoms with Crippen LogP contribution in [0.1, 0.15) is 265 Å². The minimum absolute atomic E-state index is 0.0626. The van der Waals surface area contributed by atoms with Gasteiger partial charge in [0.05, 0.1) is 0 Å². The van der Waals surface area contributed by atoms with Gasteiger partial charge in [0.2, 0.25) is 0 Å². The van der Waals surface area contributed by atoms with Crippen molar-refractivity contribution in [2.75, 3.05) is 13.2 Å². The number of carbonyl (C=O) groups is 3. The fourth-order valence-electron chi connectivity index (χ4n) is 7.03. The topological polar surface area (TPSA) is 78.9 Å². The zero-order valence-electron chi connectivity index (χ0n) is 35.8. The van der Waals surface area contributed by atoms with Crippen molar-refractivity contribution >= 4 is 17.9 Å². The first-order valence-corrected chi connectivity index (χ1v) is 23.5. The average molecular weight is 751 g/mol.